The van der Waals surface area contributed by atoms with Gasteiger partial charge in [0.05, 0.1) is 21.7 Å². The molecule has 2 spiro atoms. The predicted molar refractivity (Wildman–Crippen MR) is 144 cm³/mol. The highest BCUT2D eigenvalue weighted by atomic mass is 35.5. The lowest BCUT2D eigenvalue weighted by atomic mass is 9.55. The third kappa shape index (κ3) is 3.58. The summed E-state index contributed by atoms with van der Waals surface area (Å²) in [5, 5.41) is 23.3. The quantitative estimate of drug-likeness (QED) is 0.420. The highest BCUT2D eigenvalue weighted by Gasteiger charge is 2.72. The van der Waals surface area contributed by atoms with Gasteiger partial charge in [0.1, 0.15) is 11.2 Å². The number of nitrogens with one attached hydrogen (secondary N) is 1. The molecule has 3 N–H and O–H groups in total. The van der Waals surface area contributed by atoms with E-state index in [2.05, 4.69) is 10.2 Å². The Morgan fingerprint density at radius 3 is 2.45 bits per heavy atom. The molecule has 2 heterocycles. The van der Waals surface area contributed by atoms with E-state index in [1.807, 2.05) is 0 Å². The van der Waals surface area contributed by atoms with Crippen LogP contribution in [0.1, 0.15) is 85.2 Å². The molecule has 6 rings (SSSR count). The number of amides is 1. The van der Waals surface area contributed by atoms with Crippen LogP contribution in [-0.4, -0.2) is 51.2 Å². The third-order valence-corrected chi connectivity index (χ3v) is 10.3. The van der Waals surface area contributed by atoms with Crippen molar-refractivity contribution in [2.75, 3.05) is 11.9 Å². The number of aliphatic hydroxyl groups is 1. The number of halogens is 3. The van der Waals surface area contributed by atoms with Crippen LogP contribution in [0.4, 0.5) is 10.1 Å². The van der Waals surface area contributed by atoms with Crippen molar-refractivity contribution in [2.45, 2.75) is 86.8 Å². The van der Waals surface area contributed by atoms with E-state index in [0.29, 0.717) is 36.2 Å². The van der Waals surface area contributed by atoms with E-state index in [1.54, 1.807) is 12.1 Å². The summed E-state index contributed by atoms with van der Waals surface area (Å²) in [6, 6.07) is 8.11. The molecule has 2 unspecified atom stereocenters. The molecule has 0 radical (unpaired) electrons. The van der Waals surface area contributed by atoms with Gasteiger partial charge in [-0.2, -0.15) is 0 Å². The van der Waals surface area contributed by atoms with E-state index in [-0.39, 0.29) is 33.7 Å². The number of hydrogen-bond acceptors (Lipinski definition) is 4. The van der Waals surface area contributed by atoms with Crippen LogP contribution in [0.5, 0.6) is 0 Å². The minimum absolute atomic E-state index is 0.00413. The van der Waals surface area contributed by atoms with Gasteiger partial charge in [-0.25, -0.2) is 9.18 Å². The van der Waals surface area contributed by atoms with Crippen molar-refractivity contribution in [1.29, 1.82) is 0 Å². The third-order valence-electron chi connectivity index (χ3n) is 9.70. The first-order valence-corrected chi connectivity index (χ1v) is 14.2. The number of likely N-dealkylation sites (tertiary alicyclic amines) is 1. The zero-order chi connectivity index (χ0) is 26.8. The largest absolute Gasteiger partial charge is 0.478 e. The van der Waals surface area contributed by atoms with Crippen LogP contribution in [0.15, 0.2) is 30.3 Å². The Balaban J connectivity index is 1.64. The Morgan fingerprint density at radius 1 is 1.05 bits per heavy atom. The number of fused-ring (bicyclic) bond motifs is 3. The first-order chi connectivity index (χ1) is 18.2. The average molecular weight is 561 g/mol. The Morgan fingerprint density at radius 2 is 1.76 bits per heavy atom. The summed E-state index contributed by atoms with van der Waals surface area (Å²) in [5.74, 6) is -2.54. The number of nitrogens with zero attached hydrogens (tertiary/aromatic N) is 1. The predicted octanol–water partition coefficient (Wildman–Crippen LogP) is 6.13. The molecule has 3 fully saturated rings. The number of anilines is 1. The molecular weight excluding hydrogens is 530 g/mol. The van der Waals surface area contributed by atoms with Gasteiger partial charge in [-0.05, 0) is 67.9 Å². The van der Waals surface area contributed by atoms with Crippen LogP contribution < -0.4 is 5.32 Å². The number of hydrogen-bond donors (Lipinski definition) is 3. The molecular formula is C29H31Cl2FN2O4. The molecule has 1 amide bonds. The zero-order valence-electron chi connectivity index (χ0n) is 21.0. The van der Waals surface area contributed by atoms with Crippen molar-refractivity contribution in [3.8, 4) is 0 Å². The summed E-state index contributed by atoms with van der Waals surface area (Å²) in [4.78, 5) is 29.1. The molecule has 2 aromatic carbocycles. The normalized spacial score (nSPS) is 30.5. The van der Waals surface area contributed by atoms with Crippen LogP contribution in [0.3, 0.4) is 0 Å². The lowest BCUT2D eigenvalue weighted by Crippen LogP contribution is -2.63. The fourth-order valence-electron chi connectivity index (χ4n) is 8.19. The van der Waals surface area contributed by atoms with Gasteiger partial charge in [-0.1, -0.05) is 54.6 Å². The topological polar surface area (TPSA) is 89.9 Å². The lowest BCUT2D eigenvalue weighted by Gasteiger charge is -2.53. The molecule has 2 atom stereocenters. The minimum atomic E-state index is -1.22. The Bertz CT molecular complexity index is 1310. The van der Waals surface area contributed by atoms with E-state index < -0.39 is 28.7 Å². The molecule has 0 bridgehead atoms. The zero-order valence-corrected chi connectivity index (χ0v) is 22.5. The van der Waals surface area contributed by atoms with Gasteiger partial charge in [-0.3, -0.25) is 9.69 Å². The number of aromatic carboxylic acids is 1. The van der Waals surface area contributed by atoms with Gasteiger partial charge in [0.2, 0.25) is 5.91 Å². The van der Waals surface area contributed by atoms with E-state index in [0.717, 1.165) is 44.9 Å². The van der Waals surface area contributed by atoms with Gasteiger partial charge >= 0.3 is 5.97 Å². The number of aliphatic hydroxyl groups excluding tert-OH is 1. The molecule has 9 heteroatoms. The fourth-order valence-corrected chi connectivity index (χ4v) is 8.61. The maximum absolute atomic E-state index is 15.8. The highest BCUT2D eigenvalue weighted by Crippen LogP contribution is 2.65. The van der Waals surface area contributed by atoms with Crippen molar-refractivity contribution in [3.05, 3.63) is 62.9 Å². The Kier molecular flexibility index (Phi) is 6.50. The van der Waals surface area contributed by atoms with Gasteiger partial charge in [0, 0.05) is 29.7 Å². The van der Waals surface area contributed by atoms with Crippen LogP contribution in [0.25, 0.3) is 0 Å². The van der Waals surface area contributed by atoms with E-state index >= 15 is 4.39 Å². The summed E-state index contributed by atoms with van der Waals surface area (Å²) in [7, 11) is 0. The number of carbonyl (C=O) groups excluding carboxylic acids is 1. The first-order valence-electron chi connectivity index (χ1n) is 13.5. The standard InChI is InChI=1S/C29H31Cl2FN2O4/c30-22-6-4-5-18(25(22)32)21-15-34(16-7-9-17(35)10-8-16)28(11-2-1-3-12-28)29(21)20-13-19(26(36)37)23(31)14-24(20)33-27(29)38/h4-6,13-14,16-17,21,35H,1-3,7-12,15H2,(H,33,38)(H,36,37). The van der Waals surface area contributed by atoms with Crippen molar-refractivity contribution in [1.82, 2.24) is 4.90 Å². The van der Waals surface area contributed by atoms with Gasteiger partial charge in [0.25, 0.3) is 0 Å². The van der Waals surface area contributed by atoms with E-state index in [9.17, 15) is 19.8 Å². The van der Waals surface area contributed by atoms with Crippen molar-refractivity contribution in [2.24, 2.45) is 0 Å². The van der Waals surface area contributed by atoms with Gasteiger partial charge in [-0.15, -0.1) is 0 Å². The summed E-state index contributed by atoms with van der Waals surface area (Å²) < 4.78 is 15.8. The van der Waals surface area contributed by atoms with Gasteiger partial charge < -0.3 is 15.5 Å². The van der Waals surface area contributed by atoms with Crippen LogP contribution in [0, 0.1) is 5.82 Å². The molecule has 6 nitrogen and oxygen atoms in total. The van der Waals surface area contributed by atoms with Crippen LogP contribution in [-0.2, 0) is 10.2 Å². The number of benzene rings is 2. The van der Waals surface area contributed by atoms with Crippen molar-refractivity contribution >= 4 is 40.8 Å². The molecule has 0 aromatic heterocycles. The number of carbonyl (C=O) groups is 2. The van der Waals surface area contributed by atoms with Crippen molar-refractivity contribution < 1.29 is 24.2 Å². The molecule has 1 saturated heterocycles. The number of carboxylic acid groups (broad SMARTS) is 1. The van der Waals surface area contributed by atoms with E-state index in [1.165, 1.54) is 18.2 Å². The van der Waals surface area contributed by atoms with Crippen LogP contribution in [0.2, 0.25) is 10.0 Å². The fraction of sp³-hybridized carbons (Fsp3) is 0.517. The lowest BCUT2D eigenvalue weighted by molar-refractivity contribution is -0.127. The molecule has 2 aromatic rings. The molecule has 38 heavy (non-hydrogen) atoms. The molecule has 2 aliphatic carbocycles. The maximum Gasteiger partial charge on any atom is 0.337 e. The summed E-state index contributed by atoms with van der Waals surface area (Å²) in [5.41, 5.74) is -0.500. The summed E-state index contributed by atoms with van der Waals surface area (Å²) >= 11 is 12.6. The highest BCUT2D eigenvalue weighted by molar-refractivity contribution is 6.34. The SMILES string of the molecule is O=C(O)c1cc2c(cc1Cl)NC(=O)C21C(c2cccc(Cl)c2F)CN(C2CCC(O)CC2)C12CCCCC2. The molecule has 2 saturated carbocycles. The van der Waals surface area contributed by atoms with Crippen molar-refractivity contribution in [3.63, 3.8) is 0 Å². The monoisotopic (exact) mass is 560 g/mol. The summed E-state index contributed by atoms with van der Waals surface area (Å²) in [6.45, 7) is 0.440. The smallest absolute Gasteiger partial charge is 0.337 e. The second kappa shape index (κ2) is 9.47. The minimum Gasteiger partial charge on any atom is -0.478 e. The number of rotatable bonds is 3. The average Bonchev–Trinajstić information content (AvgIpc) is 3.33. The first kappa shape index (κ1) is 26.1. The molecule has 2 aliphatic heterocycles. The van der Waals surface area contributed by atoms with Gasteiger partial charge in [0.15, 0.2) is 0 Å². The molecule has 4 aliphatic rings. The Hall–Kier alpha value is -2.19. The van der Waals surface area contributed by atoms with E-state index in [4.69, 9.17) is 23.2 Å². The van der Waals surface area contributed by atoms with Crippen LogP contribution >= 0.6 is 23.2 Å². The second-order valence-corrected chi connectivity index (χ2v) is 12.2. The Labute approximate surface area is 231 Å². The second-order valence-electron chi connectivity index (χ2n) is 11.3. The summed E-state index contributed by atoms with van der Waals surface area (Å²) in [6.07, 6.45) is 6.97. The number of carboxylic acids is 1. The molecule has 202 valence electrons. The maximum atomic E-state index is 15.8.